The van der Waals surface area contributed by atoms with Gasteiger partial charge in [0.1, 0.15) is 5.75 Å². The Morgan fingerprint density at radius 3 is 2.73 bits per heavy atom. The van der Waals surface area contributed by atoms with Gasteiger partial charge in [0.2, 0.25) is 15.9 Å². The van der Waals surface area contributed by atoms with Crippen LogP contribution in [0.25, 0.3) is 0 Å². The molecule has 0 aromatic heterocycles. The predicted octanol–water partition coefficient (Wildman–Crippen LogP) is 0.768. The molecule has 1 aromatic rings. The number of hydrogen-bond donors (Lipinski definition) is 1. The summed E-state index contributed by atoms with van der Waals surface area (Å²) in [6.07, 6.45) is 1.87. The van der Waals surface area contributed by atoms with Gasteiger partial charge in [-0.25, -0.2) is 8.42 Å². The number of sulfonamides is 1. The van der Waals surface area contributed by atoms with Crippen molar-refractivity contribution in [3.8, 4) is 5.75 Å². The summed E-state index contributed by atoms with van der Waals surface area (Å²) in [5.41, 5.74) is 0.946. The molecule has 1 saturated heterocycles. The fourth-order valence-electron chi connectivity index (χ4n) is 3.03. The molecule has 0 bridgehead atoms. The van der Waals surface area contributed by atoms with E-state index in [0.29, 0.717) is 37.4 Å². The Labute approximate surface area is 130 Å². The molecule has 3 rings (SSSR count). The number of carbonyl (C=O) groups is 1. The Morgan fingerprint density at radius 2 is 2.05 bits per heavy atom. The third-order valence-electron chi connectivity index (χ3n) is 4.37. The van der Waals surface area contributed by atoms with Crippen molar-refractivity contribution in [1.29, 1.82) is 0 Å². The molecule has 2 heterocycles. The van der Waals surface area contributed by atoms with Crippen LogP contribution in [-0.4, -0.2) is 45.4 Å². The number of amides is 1. The highest BCUT2D eigenvalue weighted by Crippen LogP contribution is 2.30. The Bertz CT molecular complexity index is 679. The Morgan fingerprint density at radius 1 is 1.32 bits per heavy atom. The smallest absolute Gasteiger partial charge is 0.243 e. The summed E-state index contributed by atoms with van der Waals surface area (Å²) < 4.78 is 32.3. The third-order valence-corrected chi connectivity index (χ3v) is 6.26. The topological polar surface area (TPSA) is 75.7 Å². The second kappa shape index (κ2) is 5.89. The molecule has 1 fully saturated rings. The monoisotopic (exact) mass is 324 g/mol. The summed E-state index contributed by atoms with van der Waals surface area (Å²) in [4.78, 5) is 11.9. The van der Waals surface area contributed by atoms with Gasteiger partial charge >= 0.3 is 0 Å². The van der Waals surface area contributed by atoms with Gasteiger partial charge in [-0.2, -0.15) is 4.31 Å². The van der Waals surface area contributed by atoms with E-state index in [-0.39, 0.29) is 11.8 Å². The summed E-state index contributed by atoms with van der Waals surface area (Å²) in [7, 11) is -1.88. The fourth-order valence-corrected chi connectivity index (χ4v) is 4.56. The van der Waals surface area contributed by atoms with E-state index >= 15 is 0 Å². The molecule has 1 aromatic carbocycles. The first-order chi connectivity index (χ1) is 10.5. The third kappa shape index (κ3) is 2.70. The average molecular weight is 324 g/mol. The summed E-state index contributed by atoms with van der Waals surface area (Å²) in [5.74, 6) is 0.675. The highest BCUT2D eigenvalue weighted by Gasteiger charge is 2.32. The van der Waals surface area contributed by atoms with Gasteiger partial charge in [-0.3, -0.25) is 4.79 Å². The van der Waals surface area contributed by atoms with Crippen LogP contribution in [0.2, 0.25) is 0 Å². The van der Waals surface area contributed by atoms with Gasteiger partial charge in [-0.15, -0.1) is 0 Å². The minimum absolute atomic E-state index is 0.00766. The molecule has 0 atom stereocenters. The summed E-state index contributed by atoms with van der Waals surface area (Å²) >= 11 is 0. The van der Waals surface area contributed by atoms with Crippen LogP contribution in [0, 0.1) is 5.92 Å². The second-order valence-corrected chi connectivity index (χ2v) is 7.60. The van der Waals surface area contributed by atoms with Crippen LogP contribution in [0.15, 0.2) is 23.1 Å². The van der Waals surface area contributed by atoms with Crippen molar-refractivity contribution in [1.82, 2.24) is 9.62 Å². The molecule has 0 spiro atoms. The largest absolute Gasteiger partial charge is 0.493 e. The number of carbonyl (C=O) groups excluding carboxylic acids is 1. The maximum atomic E-state index is 12.7. The quantitative estimate of drug-likeness (QED) is 0.891. The van der Waals surface area contributed by atoms with Crippen LogP contribution >= 0.6 is 0 Å². The average Bonchev–Trinajstić information content (AvgIpc) is 3.01. The number of benzene rings is 1. The van der Waals surface area contributed by atoms with E-state index in [1.54, 1.807) is 25.2 Å². The van der Waals surface area contributed by atoms with E-state index in [9.17, 15) is 13.2 Å². The van der Waals surface area contributed by atoms with Crippen molar-refractivity contribution in [3.63, 3.8) is 0 Å². The molecule has 1 amide bonds. The number of piperidine rings is 1. The molecule has 0 aliphatic carbocycles. The molecule has 6 nitrogen and oxygen atoms in total. The van der Waals surface area contributed by atoms with Gasteiger partial charge in [0.25, 0.3) is 0 Å². The maximum Gasteiger partial charge on any atom is 0.243 e. The van der Waals surface area contributed by atoms with Crippen molar-refractivity contribution < 1.29 is 17.9 Å². The predicted molar refractivity (Wildman–Crippen MR) is 81.2 cm³/mol. The van der Waals surface area contributed by atoms with Crippen molar-refractivity contribution in [3.05, 3.63) is 23.8 Å². The van der Waals surface area contributed by atoms with Gasteiger partial charge in [-0.05, 0) is 36.6 Å². The van der Waals surface area contributed by atoms with E-state index in [0.717, 1.165) is 17.7 Å². The van der Waals surface area contributed by atoms with Crippen molar-refractivity contribution in [2.75, 3.05) is 26.7 Å². The van der Waals surface area contributed by atoms with E-state index < -0.39 is 10.0 Å². The van der Waals surface area contributed by atoms with Gasteiger partial charge in [-0.1, -0.05) is 0 Å². The van der Waals surface area contributed by atoms with Gasteiger partial charge in [0, 0.05) is 32.5 Å². The van der Waals surface area contributed by atoms with Gasteiger partial charge in [0.15, 0.2) is 0 Å². The summed E-state index contributed by atoms with van der Waals surface area (Å²) in [5, 5.41) is 2.63. The zero-order chi connectivity index (χ0) is 15.7. The van der Waals surface area contributed by atoms with Crippen LogP contribution in [0.4, 0.5) is 0 Å². The SMILES string of the molecule is CNC(=O)C1CCN(S(=O)(=O)c2ccc3c(c2)CCO3)CC1. The summed E-state index contributed by atoms with van der Waals surface area (Å²) in [6, 6.07) is 5.04. The highest BCUT2D eigenvalue weighted by atomic mass is 32.2. The standard InChI is InChI=1S/C15H20N2O4S/c1-16-15(18)11-4-7-17(8-5-11)22(19,20)13-2-3-14-12(10-13)6-9-21-14/h2-3,10-11H,4-9H2,1H3,(H,16,18). The maximum absolute atomic E-state index is 12.7. The van der Waals surface area contributed by atoms with Crippen LogP contribution in [-0.2, 0) is 21.2 Å². The van der Waals surface area contributed by atoms with Crippen LogP contribution in [0.1, 0.15) is 18.4 Å². The first-order valence-electron chi connectivity index (χ1n) is 7.50. The lowest BCUT2D eigenvalue weighted by molar-refractivity contribution is -0.125. The first kappa shape index (κ1) is 15.3. The van der Waals surface area contributed by atoms with Gasteiger partial charge < -0.3 is 10.1 Å². The van der Waals surface area contributed by atoms with Crippen LogP contribution in [0.5, 0.6) is 5.75 Å². The summed E-state index contributed by atoms with van der Waals surface area (Å²) in [6.45, 7) is 1.37. The van der Waals surface area contributed by atoms with Crippen molar-refractivity contribution in [2.24, 2.45) is 5.92 Å². The van der Waals surface area contributed by atoms with Gasteiger partial charge in [0.05, 0.1) is 11.5 Å². The normalized spacial score (nSPS) is 19.5. The second-order valence-electron chi connectivity index (χ2n) is 5.66. The van der Waals surface area contributed by atoms with Crippen molar-refractivity contribution in [2.45, 2.75) is 24.2 Å². The van der Waals surface area contributed by atoms with E-state index in [2.05, 4.69) is 5.32 Å². The highest BCUT2D eigenvalue weighted by molar-refractivity contribution is 7.89. The van der Waals surface area contributed by atoms with E-state index in [4.69, 9.17) is 4.74 Å². The number of fused-ring (bicyclic) bond motifs is 1. The number of ether oxygens (including phenoxy) is 1. The zero-order valence-corrected chi connectivity index (χ0v) is 13.4. The Kier molecular flexibility index (Phi) is 4.10. The van der Waals surface area contributed by atoms with Crippen LogP contribution in [0.3, 0.4) is 0 Å². The van der Waals surface area contributed by atoms with Crippen LogP contribution < -0.4 is 10.1 Å². The molecule has 22 heavy (non-hydrogen) atoms. The lowest BCUT2D eigenvalue weighted by atomic mass is 9.97. The van der Waals surface area contributed by atoms with E-state index in [1.807, 2.05) is 0 Å². The Balaban J connectivity index is 1.75. The molecular formula is C15H20N2O4S. The minimum Gasteiger partial charge on any atom is -0.493 e. The Hall–Kier alpha value is -1.60. The molecule has 0 unspecified atom stereocenters. The molecule has 0 radical (unpaired) electrons. The molecule has 0 saturated carbocycles. The lowest BCUT2D eigenvalue weighted by Gasteiger charge is -2.30. The van der Waals surface area contributed by atoms with Crippen molar-refractivity contribution >= 4 is 15.9 Å². The molecule has 2 aliphatic rings. The molecule has 7 heteroatoms. The molecule has 2 aliphatic heterocycles. The molecule has 1 N–H and O–H groups in total. The zero-order valence-electron chi connectivity index (χ0n) is 12.5. The van der Waals surface area contributed by atoms with E-state index in [1.165, 1.54) is 4.31 Å². The number of rotatable bonds is 3. The fraction of sp³-hybridized carbons (Fsp3) is 0.533. The molecule has 120 valence electrons. The number of nitrogens with one attached hydrogen (secondary N) is 1. The number of nitrogens with zero attached hydrogens (tertiary/aromatic N) is 1. The lowest BCUT2D eigenvalue weighted by Crippen LogP contribution is -2.42. The number of hydrogen-bond acceptors (Lipinski definition) is 4. The molecular weight excluding hydrogens is 304 g/mol. The minimum atomic E-state index is -3.49. The first-order valence-corrected chi connectivity index (χ1v) is 8.94.